The van der Waals surface area contributed by atoms with Crippen LogP contribution in [-0.2, 0) is 38.0 Å². The molecule has 2 bridgehead atoms. The van der Waals surface area contributed by atoms with Crippen molar-refractivity contribution in [1.29, 1.82) is 0 Å². The predicted octanol–water partition coefficient (Wildman–Crippen LogP) is 0.863. The minimum absolute atomic E-state index is 0.206. The van der Waals surface area contributed by atoms with Crippen LogP contribution in [-0.4, -0.2) is 35.6 Å². The number of esters is 3. The van der Waals surface area contributed by atoms with Gasteiger partial charge in [0.25, 0.3) is 5.79 Å². The van der Waals surface area contributed by atoms with Gasteiger partial charge in [-0.05, 0) is 32.6 Å². The molecule has 3 rings (SSSR count). The number of fused-ring (bicyclic) bond motifs is 1. The van der Waals surface area contributed by atoms with Crippen molar-refractivity contribution in [2.75, 3.05) is 6.61 Å². The molecule has 0 amide bonds. The van der Waals surface area contributed by atoms with Gasteiger partial charge in [0, 0.05) is 6.42 Å². The van der Waals surface area contributed by atoms with E-state index in [0.717, 1.165) is 6.42 Å². The van der Waals surface area contributed by atoms with Crippen LogP contribution in [0.4, 0.5) is 8.78 Å². The van der Waals surface area contributed by atoms with Gasteiger partial charge in [-0.1, -0.05) is 0 Å². The van der Waals surface area contributed by atoms with Crippen LogP contribution in [0, 0.1) is 23.2 Å². The first kappa shape index (κ1) is 20.2. The molecule has 4 unspecified atom stereocenters. The molecular formula is C15H17F2O9S-. The number of rotatable bonds is 8. The maximum Gasteiger partial charge on any atom is 0.415 e. The molecule has 0 radical (unpaired) electrons. The van der Waals surface area contributed by atoms with Crippen LogP contribution in [0.2, 0.25) is 0 Å². The zero-order valence-corrected chi connectivity index (χ0v) is 15.2. The van der Waals surface area contributed by atoms with Crippen molar-refractivity contribution in [3.8, 4) is 0 Å². The first-order valence-electron chi connectivity index (χ1n) is 8.16. The van der Waals surface area contributed by atoms with Gasteiger partial charge in [0.05, 0.1) is 17.3 Å². The third-order valence-corrected chi connectivity index (χ3v) is 5.66. The van der Waals surface area contributed by atoms with Crippen LogP contribution in [0.3, 0.4) is 0 Å². The van der Waals surface area contributed by atoms with Gasteiger partial charge in [0.1, 0.15) is 18.6 Å². The van der Waals surface area contributed by atoms with E-state index in [1.807, 2.05) is 0 Å². The van der Waals surface area contributed by atoms with Gasteiger partial charge in [-0.3, -0.25) is 14.6 Å². The molecule has 152 valence electrons. The van der Waals surface area contributed by atoms with Gasteiger partial charge in [0.15, 0.2) is 0 Å². The van der Waals surface area contributed by atoms with Gasteiger partial charge in [-0.25, -0.2) is 4.79 Å². The summed E-state index contributed by atoms with van der Waals surface area (Å²) in [6.45, 7) is 1.95. The summed E-state index contributed by atoms with van der Waals surface area (Å²) < 4.78 is 45.4. The summed E-state index contributed by atoms with van der Waals surface area (Å²) in [4.78, 5) is 35.9. The number of hydrogen-bond donors (Lipinski definition) is 0. The lowest BCUT2D eigenvalue weighted by Gasteiger charge is -2.33. The summed E-state index contributed by atoms with van der Waals surface area (Å²) in [7, 11) is 0. The van der Waals surface area contributed by atoms with E-state index < -0.39 is 53.0 Å². The largest absolute Gasteiger partial charge is 0.691 e. The maximum absolute atomic E-state index is 13.3. The van der Waals surface area contributed by atoms with E-state index in [1.54, 1.807) is 0 Å². The molecule has 0 aromatic rings. The molecule has 3 fully saturated rings. The monoisotopic (exact) mass is 411 g/mol. The molecule has 2 aliphatic carbocycles. The molecule has 0 aromatic carbocycles. The first-order chi connectivity index (χ1) is 12.5. The highest BCUT2D eigenvalue weighted by molar-refractivity contribution is 7.96. The molecule has 0 spiro atoms. The Bertz CT molecular complexity index is 655. The second-order valence-electron chi connectivity index (χ2n) is 7.57. The fraction of sp³-hybridized carbons (Fsp3) is 0.800. The first-order valence-corrected chi connectivity index (χ1v) is 8.90. The minimum atomic E-state index is -4.21. The smallest absolute Gasteiger partial charge is 0.415 e. The van der Waals surface area contributed by atoms with E-state index in [-0.39, 0.29) is 17.8 Å². The van der Waals surface area contributed by atoms with Crippen molar-refractivity contribution in [3.63, 3.8) is 0 Å². The number of ether oxygens (including phenoxy) is 3. The van der Waals surface area contributed by atoms with Gasteiger partial charge in [0.2, 0.25) is 0 Å². The summed E-state index contributed by atoms with van der Waals surface area (Å²) in [6.07, 6.45) is 1.85. The molecule has 1 saturated heterocycles. The number of hydrogen-bond acceptors (Lipinski definition) is 10. The van der Waals surface area contributed by atoms with Crippen LogP contribution in [0.1, 0.15) is 33.1 Å². The van der Waals surface area contributed by atoms with E-state index in [1.165, 1.54) is 13.8 Å². The second-order valence-corrected chi connectivity index (χ2v) is 8.39. The molecule has 1 aliphatic heterocycles. The number of halogens is 2. The predicted molar refractivity (Wildman–Crippen MR) is 78.7 cm³/mol. The Kier molecular flexibility index (Phi) is 5.12. The van der Waals surface area contributed by atoms with Crippen molar-refractivity contribution in [1.82, 2.24) is 0 Å². The topological polar surface area (TPSA) is 120 Å². The lowest BCUT2D eigenvalue weighted by atomic mass is 9.86. The third-order valence-electron chi connectivity index (χ3n) is 5.16. The molecule has 3 aliphatic rings. The lowest BCUT2D eigenvalue weighted by molar-refractivity contribution is -0.777. The Labute approximate surface area is 156 Å². The number of carbonyl (C=O) groups is 3. The summed E-state index contributed by atoms with van der Waals surface area (Å²) in [5, 5.41) is 8.13. The molecule has 1 heterocycles. The van der Waals surface area contributed by atoms with Gasteiger partial charge in [-0.15, -0.1) is 0 Å². The Morgan fingerprint density at radius 2 is 2.04 bits per heavy atom. The summed E-state index contributed by atoms with van der Waals surface area (Å²) in [5.41, 5.74) is -1.48. The van der Waals surface area contributed by atoms with Gasteiger partial charge >= 0.3 is 23.2 Å². The average molecular weight is 411 g/mol. The van der Waals surface area contributed by atoms with Crippen molar-refractivity contribution in [2.45, 2.75) is 44.2 Å². The van der Waals surface area contributed by atoms with E-state index in [2.05, 4.69) is 14.1 Å². The van der Waals surface area contributed by atoms with E-state index in [9.17, 15) is 28.4 Å². The van der Waals surface area contributed by atoms with Crippen molar-refractivity contribution in [2.24, 2.45) is 23.2 Å². The SMILES string of the molecule is CC(C)(COC(=O)C(F)(F)SOO[O-])C(=O)OC12CC3CC(C(=O)O1)C2C3. The standard InChI is InChI=1S/C15H18F2O9S/c1-13(2,6-22-12(20)15(16,17)27-26-25-21)11(19)24-14-5-7-3-8(9(14)4-7)10(18)23-14/h7-9,21H,3-6H2,1-2H3/p-1. The van der Waals surface area contributed by atoms with Gasteiger partial charge < -0.3 is 19.5 Å². The van der Waals surface area contributed by atoms with Crippen molar-refractivity contribution >= 4 is 30.0 Å². The van der Waals surface area contributed by atoms with Crippen LogP contribution < -0.4 is 5.26 Å². The molecule has 0 aromatic heterocycles. The molecule has 4 atom stereocenters. The Morgan fingerprint density at radius 3 is 2.67 bits per heavy atom. The Hall–Kier alpha value is -1.50. The average Bonchev–Trinajstić information content (AvgIpc) is 3.18. The lowest BCUT2D eigenvalue weighted by Crippen LogP contribution is -2.45. The second kappa shape index (κ2) is 6.83. The van der Waals surface area contributed by atoms with Crippen LogP contribution in [0.5, 0.6) is 0 Å². The fourth-order valence-corrected chi connectivity index (χ4v) is 4.13. The third kappa shape index (κ3) is 3.62. The van der Waals surface area contributed by atoms with E-state index in [4.69, 9.17) is 9.47 Å². The van der Waals surface area contributed by atoms with Crippen molar-refractivity contribution in [3.05, 3.63) is 0 Å². The van der Waals surface area contributed by atoms with E-state index >= 15 is 0 Å². The normalized spacial score (nSPS) is 31.7. The summed E-state index contributed by atoms with van der Waals surface area (Å²) >= 11 is -0.827. The van der Waals surface area contributed by atoms with E-state index in [0.29, 0.717) is 12.8 Å². The van der Waals surface area contributed by atoms with Crippen LogP contribution in [0.25, 0.3) is 0 Å². The molecule has 12 heteroatoms. The highest BCUT2D eigenvalue weighted by atomic mass is 32.2. The number of carbonyl (C=O) groups excluding carboxylic acids is 3. The molecule has 2 saturated carbocycles. The van der Waals surface area contributed by atoms with Gasteiger partial charge in [-0.2, -0.15) is 13.1 Å². The molecule has 27 heavy (non-hydrogen) atoms. The Morgan fingerprint density at radius 1 is 1.33 bits per heavy atom. The highest BCUT2D eigenvalue weighted by Crippen LogP contribution is 2.61. The molecule has 9 nitrogen and oxygen atoms in total. The summed E-state index contributed by atoms with van der Waals surface area (Å²) in [5.74, 6) is -4.82. The Balaban J connectivity index is 1.58. The number of alkyl halides is 2. The fourth-order valence-electron chi connectivity index (χ4n) is 3.89. The zero-order chi connectivity index (χ0) is 20.0. The maximum atomic E-state index is 13.3. The zero-order valence-electron chi connectivity index (χ0n) is 14.4. The highest BCUT2D eigenvalue weighted by Gasteiger charge is 2.68. The molecule has 0 N–H and O–H groups in total. The van der Waals surface area contributed by atoms with Crippen LogP contribution >= 0.6 is 12.0 Å². The van der Waals surface area contributed by atoms with Crippen molar-refractivity contribution < 1.29 is 52.0 Å². The summed E-state index contributed by atoms with van der Waals surface area (Å²) in [6, 6.07) is 0. The van der Waals surface area contributed by atoms with Crippen LogP contribution in [0.15, 0.2) is 0 Å². The quantitative estimate of drug-likeness (QED) is 0.246. The molecular weight excluding hydrogens is 394 g/mol. The minimum Gasteiger partial charge on any atom is -0.691 e.